The smallest absolute Gasteiger partial charge is 0.253 e. The summed E-state index contributed by atoms with van der Waals surface area (Å²) in [6, 6.07) is 7.47. The van der Waals surface area contributed by atoms with Crippen molar-refractivity contribution in [2.24, 2.45) is 16.5 Å². The predicted octanol–water partition coefficient (Wildman–Crippen LogP) is 1.09. The van der Waals surface area contributed by atoms with Gasteiger partial charge in [-0.05, 0) is 37.0 Å². The zero-order chi connectivity index (χ0) is 13.7. The largest absolute Gasteiger partial charge is 0.370 e. The van der Waals surface area contributed by atoms with Crippen LogP contribution in [0.1, 0.15) is 35.2 Å². The van der Waals surface area contributed by atoms with Gasteiger partial charge in [-0.1, -0.05) is 12.1 Å². The molecule has 1 amide bonds. The minimum Gasteiger partial charge on any atom is -0.370 e. The summed E-state index contributed by atoms with van der Waals surface area (Å²) >= 11 is 0. The van der Waals surface area contributed by atoms with Gasteiger partial charge in [0, 0.05) is 18.7 Å². The Balaban J connectivity index is 2.01. The first-order valence-corrected chi connectivity index (χ1v) is 6.60. The van der Waals surface area contributed by atoms with Gasteiger partial charge in [0.1, 0.15) is 0 Å². The molecule has 0 aliphatic carbocycles. The molecule has 1 aliphatic heterocycles. The van der Waals surface area contributed by atoms with Gasteiger partial charge in [0.15, 0.2) is 5.96 Å². The summed E-state index contributed by atoms with van der Waals surface area (Å²) in [5.41, 5.74) is 12.3. The second-order valence-electron chi connectivity index (χ2n) is 4.79. The third kappa shape index (κ3) is 3.71. The number of guanidine groups is 1. The number of likely N-dealkylation sites (tertiary alicyclic amines) is 1. The molecule has 1 heterocycles. The molecule has 0 spiro atoms. The highest BCUT2D eigenvalue weighted by atomic mass is 16.2. The molecule has 1 saturated heterocycles. The van der Waals surface area contributed by atoms with Crippen molar-refractivity contribution < 1.29 is 4.79 Å². The van der Waals surface area contributed by atoms with Crippen molar-refractivity contribution in [2.45, 2.75) is 25.8 Å². The van der Waals surface area contributed by atoms with E-state index in [1.165, 1.54) is 6.42 Å². The highest BCUT2D eigenvalue weighted by molar-refractivity contribution is 5.94. The maximum atomic E-state index is 12.2. The van der Waals surface area contributed by atoms with Gasteiger partial charge >= 0.3 is 0 Å². The Kier molecular flexibility index (Phi) is 4.39. The Labute approximate surface area is 113 Å². The number of amides is 1. The lowest BCUT2D eigenvalue weighted by Crippen LogP contribution is -2.35. The summed E-state index contributed by atoms with van der Waals surface area (Å²) < 4.78 is 0. The van der Waals surface area contributed by atoms with Gasteiger partial charge in [-0.3, -0.25) is 4.79 Å². The SMILES string of the molecule is NC(N)=NCc1ccc(C(=O)N2CCCCC2)cc1. The fraction of sp³-hybridized carbons (Fsp3) is 0.429. The number of benzene rings is 1. The van der Waals surface area contributed by atoms with Crippen molar-refractivity contribution in [2.75, 3.05) is 13.1 Å². The van der Waals surface area contributed by atoms with Crippen molar-refractivity contribution in [3.05, 3.63) is 35.4 Å². The van der Waals surface area contributed by atoms with Gasteiger partial charge < -0.3 is 16.4 Å². The number of nitrogens with two attached hydrogens (primary N) is 2. The Bertz CT molecular complexity index is 457. The van der Waals surface area contributed by atoms with Crippen LogP contribution in [0, 0.1) is 0 Å². The Morgan fingerprint density at radius 3 is 2.32 bits per heavy atom. The van der Waals surface area contributed by atoms with E-state index < -0.39 is 0 Å². The summed E-state index contributed by atoms with van der Waals surface area (Å²) in [7, 11) is 0. The highest BCUT2D eigenvalue weighted by Crippen LogP contribution is 2.14. The normalized spacial score (nSPS) is 15.1. The molecule has 0 radical (unpaired) electrons. The van der Waals surface area contributed by atoms with Crippen LogP contribution in [0.5, 0.6) is 0 Å². The molecule has 1 aromatic carbocycles. The van der Waals surface area contributed by atoms with Crippen LogP contribution in [-0.2, 0) is 6.54 Å². The van der Waals surface area contributed by atoms with Crippen molar-refractivity contribution in [1.82, 2.24) is 4.90 Å². The number of aliphatic imine (C=N–C) groups is 1. The van der Waals surface area contributed by atoms with Crippen molar-refractivity contribution in [3.8, 4) is 0 Å². The fourth-order valence-electron chi connectivity index (χ4n) is 2.21. The molecular weight excluding hydrogens is 240 g/mol. The number of rotatable bonds is 3. The van der Waals surface area contributed by atoms with E-state index in [-0.39, 0.29) is 11.9 Å². The minimum atomic E-state index is 0.0773. The van der Waals surface area contributed by atoms with Crippen LogP contribution in [-0.4, -0.2) is 29.9 Å². The third-order valence-corrected chi connectivity index (χ3v) is 3.29. The molecule has 0 unspecified atom stereocenters. The van der Waals surface area contributed by atoms with Gasteiger partial charge in [-0.15, -0.1) is 0 Å². The molecular formula is C14H20N4O. The Morgan fingerprint density at radius 2 is 1.74 bits per heavy atom. The zero-order valence-electron chi connectivity index (χ0n) is 11.0. The first-order valence-electron chi connectivity index (χ1n) is 6.60. The van der Waals surface area contributed by atoms with E-state index in [1.54, 1.807) is 0 Å². The summed E-state index contributed by atoms with van der Waals surface area (Å²) in [5.74, 6) is 0.196. The van der Waals surface area contributed by atoms with E-state index in [2.05, 4.69) is 4.99 Å². The molecule has 0 atom stereocenters. The lowest BCUT2D eigenvalue weighted by molar-refractivity contribution is 0.0724. The van der Waals surface area contributed by atoms with Crippen LogP contribution in [0.4, 0.5) is 0 Å². The second kappa shape index (κ2) is 6.22. The molecule has 0 saturated carbocycles. The quantitative estimate of drug-likeness (QED) is 0.630. The van der Waals surface area contributed by atoms with E-state index >= 15 is 0 Å². The van der Waals surface area contributed by atoms with E-state index in [0.717, 1.165) is 37.1 Å². The monoisotopic (exact) mass is 260 g/mol. The standard InChI is InChI=1S/C14H20N4O/c15-14(16)17-10-11-4-6-12(7-5-11)13(19)18-8-2-1-3-9-18/h4-7H,1-3,8-10H2,(H4,15,16,17). The maximum absolute atomic E-state index is 12.2. The number of hydrogen-bond acceptors (Lipinski definition) is 2. The molecule has 5 nitrogen and oxygen atoms in total. The highest BCUT2D eigenvalue weighted by Gasteiger charge is 2.17. The molecule has 1 aromatic rings. The van der Waals surface area contributed by atoms with Crippen LogP contribution in [0.3, 0.4) is 0 Å². The first-order chi connectivity index (χ1) is 9.16. The summed E-state index contributed by atoms with van der Waals surface area (Å²) in [6.07, 6.45) is 3.43. The van der Waals surface area contributed by atoms with Gasteiger partial charge in [-0.2, -0.15) is 0 Å². The Hall–Kier alpha value is -2.04. The van der Waals surface area contributed by atoms with Gasteiger partial charge in [-0.25, -0.2) is 4.99 Å². The first kappa shape index (κ1) is 13.4. The molecule has 2 rings (SSSR count). The predicted molar refractivity (Wildman–Crippen MR) is 75.7 cm³/mol. The average molecular weight is 260 g/mol. The number of carbonyl (C=O) groups excluding carboxylic acids is 1. The molecule has 0 bridgehead atoms. The van der Waals surface area contributed by atoms with Crippen molar-refractivity contribution in [1.29, 1.82) is 0 Å². The van der Waals surface area contributed by atoms with Gasteiger partial charge in [0.2, 0.25) is 0 Å². The summed E-state index contributed by atoms with van der Waals surface area (Å²) in [4.78, 5) is 18.1. The van der Waals surface area contributed by atoms with E-state index in [0.29, 0.717) is 6.54 Å². The maximum Gasteiger partial charge on any atom is 0.253 e. The van der Waals surface area contributed by atoms with Crippen molar-refractivity contribution >= 4 is 11.9 Å². The second-order valence-corrected chi connectivity index (χ2v) is 4.79. The summed E-state index contributed by atoms with van der Waals surface area (Å²) in [5, 5.41) is 0. The van der Waals surface area contributed by atoms with Crippen molar-refractivity contribution in [3.63, 3.8) is 0 Å². The number of hydrogen-bond donors (Lipinski definition) is 2. The van der Waals surface area contributed by atoms with Gasteiger partial charge in [0.25, 0.3) is 5.91 Å². The number of nitrogens with zero attached hydrogens (tertiary/aromatic N) is 2. The number of piperidine rings is 1. The molecule has 1 aliphatic rings. The van der Waals surface area contributed by atoms with Crippen LogP contribution in [0.25, 0.3) is 0 Å². The van der Waals surface area contributed by atoms with Gasteiger partial charge in [0.05, 0.1) is 6.54 Å². The van der Waals surface area contributed by atoms with E-state index in [4.69, 9.17) is 11.5 Å². The van der Waals surface area contributed by atoms with Crippen LogP contribution in [0.2, 0.25) is 0 Å². The lowest BCUT2D eigenvalue weighted by Gasteiger charge is -2.26. The molecule has 4 N–H and O–H groups in total. The third-order valence-electron chi connectivity index (χ3n) is 3.29. The van der Waals surface area contributed by atoms with Crippen LogP contribution in [0.15, 0.2) is 29.3 Å². The molecule has 19 heavy (non-hydrogen) atoms. The summed E-state index contributed by atoms with van der Waals surface area (Å²) in [6.45, 7) is 2.18. The van der Waals surface area contributed by atoms with Crippen LogP contribution < -0.4 is 11.5 Å². The van der Waals surface area contributed by atoms with E-state index in [9.17, 15) is 4.79 Å². The zero-order valence-corrected chi connectivity index (χ0v) is 11.0. The molecule has 1 fully saturated rings. The number of carbonyl (C=O) groups is 1. The average Bonchev–Trinajstić information content (AvgIpc) is 2.46. The molecule has 0 aromatic heterocycles. The van der Waals surface area contributed by atoms with Crippen LogP contribution >= 0.6 is 0 Å². The molecule has 102 valence electrons. The van der Waals surface area contributed by atoms with E-state index in [1.807, 2.05) is 29.2 Å². The molecule has 5 heteroatoms. The lowest BCUT2D eigenvalue weighted by atomic mass is 10.1. The topological polar surface area (TPSA) is 84.7 Å². The minimum absolute atomic E-state index is 0.0773. The Morgan fingerprint density at radius 1 is 1.11 bits per heavy atom. The fourth-order valence-corrected chi connectivity index (χ4v) is 2.21.